The van der Waals surface area contributed by atoms with Gasteiger partial charge in [-0.05, 0) is 54.9 Å². The van der Waals surface area contributed by atoms with Crippen molar-refractivity contribution in [1.82, 2.24) is 5.32 Å². The van der Waals surface area contributed by atoms with Crippen molar-refractivity contribution in [2.24, 2.45) is 17.8 Å². The number of rotatable bonds is 6. The minimum Gasteiger partial charge on any atom is -0.306 e. The number of nitrogens with one attached hydrogen (secondary N) is 1. The van der Waals surface area contributed by atoms with Crippen LogP contribution in [-0.4, -0.2) is 6.04 Å². The average Bonchev–Trinajstić information content (AvgIpc) is 3.21. The Morgan fingerprint density at radius 1 is 1.18 bits per heavy atom. The van der Waals surface area contributed by atoms with Crippen molar-refractivity contribution in [3.8, 4) is 0 Å². The molecule has 0 bridgehead atoms. The molecule has 0 spiro atoms. The van der Waals surface area contributed by atoms with Crippen LogP contribution in [0.25, 0.3) is 0 Å². The van der Waals surface area contributed by atoms with Crippen LogP contribution in [0.15, 0.2) is 17.5 Å². The standard InChI is InChI=1S/C15H23NS/c1-10(2)14(13-4-3-9-17-13)16-15(11-5-6-11)12-7-8-12/h3-4,9-12,14-16H,5-8H2,1-2H3. The zero-order valence-electron chi connectivity index (χ0n) is 10.9. The maximum atomic E-state index is 3.99. The van der Waals surface area contributed by atoms with Crippen molar-refractivity contribution in [3.05, 3.63) is 22.4 Å². The Hall–Kier alpha value is -0.340. The van der Waals surface area contributed by atoms with E-state index in [1.165, 1.54) is 30.6 Å². The summed E-state index contributed by atoms with van der Waals surface area (Å²) < 4.78 is 0. The third-order valence-electron chi connectivity index (χ3n) is 4.15. The van der Waals surface area contributed by atoms with Gasteiger partial charge in [-0.25, -0.2) is 0 Å². The van der Waals surface area contributed by atoms with Gasteiger partial charge < -0.3 is 5.32 Å². The summed E-state index contributed by atoms with van der Waals surface area (Å²) >= 11 is 1.90. The first-order valence-electron chi connectivity index (χ1n) is 7.05. The van der Waals surface area contributed by atoms with Crippen LogP contribution in [0.5, 0.6) is 0 Å². The van der Waals surface area contributed by atoms with Gasteiger partial charge in [0.05, 0.1) is 0 Å². The Bertz CT molecular complexity index is 337. The summed E-state index contributed by atoms with van der Waals surface area (Å²) in [5.41, 5.74) is 0. The van der Waals surface area contributed by atoms with Crippen LogP contribution in [0.2, 0.25) is 0 Å². The fourth-order valence-corrected chi connectivity index (χ4v) is 3.80. The van der Waals surface area contributed by atoms with Crippen molar-refractivity contribution in [2.45, 2.75) is 51.6 Å². The quantitative estimate of drug-likeness (QED) is 0.796. The molecule has 1 unspecified atom stereocenters. The topological polar surface area (TPSA) is 12.0 Å². The molecule has 2 fully saturated rings. The van der Waals surface area contributed by atoms with Crippen molar-refractivity contribution < 1.29 is 0 Å². The third-order valence-corrected chi connectivity index (χ3v) is 5.10. The lowest BCUT2D eigenvalue weighted by molar-refractivity contribution is 0.318. The fourth-order valence-electron chi connectivity index (χ4n) is 2.85. The average molecular weight is 249 g/mol. The Morgan fingerprint density at radius 3 is 2.24 bits per heavy atom. The largest absolute Gasteiger partial charge is 0.306 e. The lowest BCUT2D eigenvalue weighted by atomic mass is 9.98. The molecule has 94 valence electrons. The van der Waals surface area contributed by atoms with E-state index in [-0.39, 0.29) is 0 Å². The summed E-state index contributed by atoms with van der Waals surface area (Å²) in [5, 5.41) is 6.19. The first-order valence-corrected chi connectivity index (χ1v) is 7.93. The molecule has 1 heterocycles. The molecule has 17 heavy (non-hydrogen) atoms. The van der Waals surface area contributed by atoms with Gasteiger partial charge in [0, 0.05) is 17.0 Å². The smallest absolute Gasteiger partial charge is 0.0440 e. The fraction of sp³-hybridized carbons (Fsp3) is 0.733. The van der Waals surface area contributed by atoms with Crippen LogP contribution < -0.4 is 5.32 Å². The highest BCUT2D eigenvalue weighted by molar-refractivity contribution is 7.10. The van der Waals surface area contributed by atoms with E-state index >= 15 is 0 Å². The predicted molar refractivity (Wildman–Crippen MR) is 74.3 cm³/mol. The Labute approximate surface area is 109 Å². The minimum atomic E-state index is 0.571. The van der Waals surface area contributed by atoms with E-state index < -0.39 is 0 Å². The van der Waals surface area contributed by atoms with Gasteiger partial charge >= 0.3 is 0 Å². The van der Waals surface area contributed by atoms with Gasteiger partial charge in [0.2, 0.25) is 0 Å². The van der Waals surface area contributed by atoms with E-state index in [1.54, 1.807) is 0 Å². The molecule has 0 aromatic carbocycles. The van der Waals surface area contributed by atoms with Gasteiger partial charge in [-0.1, -0.05) is 19.9 Å². The highest BCUT2D eigenvalue weighted by atomic mass is 32.1. The molecule has 1 N–H and O–H groups in total. The molecule has 0 saturated heterocycles. The summed E-state index contributed by atoms with van der Waals surface area (Å²) in [4.78, 5) is 1.52. The summed E-state index contributed by atoms with van der Waals surface area (Å²) in [6.45, 7) is 4.68. The predicted octanol–water partition coefficient (Wildman–Crippen LogP) is 4.22. The molecule has 1 aromatic rings. The SMILES string of the molecule is CC(C)C(NC(C1CC1)C1CC1)c1cccs1. The van der Waals surface area contributed by atoms with E-state index in [0.717, 1.165) is 17.9 Å². The third kappa shape index (κ3) is 2.74. The highest BCUT2D eigenvalue weighted by Gasteiger charge is 2.42. The van der Waals surface area contributed by atoms with Gasteiger partial charge in [-0.3, -0.25) is 0 Å². The molecule has 2 aliphatic carbocycles. The molecule has 2 saturated carbocycles. The number of hydrogen-bond donors (Lipinski definition) is 1. The molecule has 0 radical (unpaired) electrons. The van der Waals surface area contributed by atoms with E-state index in [1.807, 2.05) is 11.3 Å². The van der Waals surface area contributed by atoms with Gasteiger partial charge in [0.15, 0.2) is 0 Å². The highest BCUT2D eigenvalue weighted by Crippen LogP contribution is 2.46. The van der Waals surface area contributed by atoms with E-state index in [2.05, 4.69) is 36.7 Å². The zero-order chi connectivity index (χ0) is 11.8. The Kier molecular flexibility index (Phi) is 3.27. The van der Waals surface area contributed by atoms with E-state index in [0.29, 0.717) is 12.0 Å². The van der Waals surface area contributed by atoms with Crippen LogP contribution >= 0.6 is 11.3 Å². The molecule has 0 amide bonds. The van der Waals surface area contributed by atoms with Crippen molar-refractivity contribution >= 4 is 11.3 Å². The molecule has 3 rings (SSSR count). The Morgan fingerprint density at radius 2 is 1.82 bits per heavy atom. The van der Waals surface area contributed by atoms with E-state index in [4.69, 9.17) is 0 Å². The second-order valence-electron chi connectivity index (χ2n) is 6.10. The van der Waals surface area contributed by atoms with Crippen LogP contribution in [0.1, 0.15) is 50.4 Å². The first-order chi connectivity index (χ1) is 8.25. The summed E-state index contributed by atoms with van der Waals surface area (Å²) in [6.07, 6.45) is 5.85. The maximum Gasteiger partial charge on any atom is 0.0440 e. The molecule has 1 atom stereocenters. The van der Waals surface area contributed by atoms with Gasteiger partial charge in [0.1, 0.15) is 0 Å². The molecular weight excluding hydrogens is 226 g/mol. The van der Waals surface area contributed by atoms with Crippen LogP contribution in [-0.2, 0) is 0 Å². The normalized spacial score (nSPS) is 22.4. The van der Waals surface area contributed by atoms with Gasteiger partial charge in [-0.15, -0.1) is 11.3 Å². The van der Waals surface area contributed by atoms with Crippen molar-refractivity contribution in [1.29, 1.82) is 0 Å². The molecular formula is C15H23NS. The van der Waals surface area contributed by atoms with Crippen LogP contribution in [0, 0.1) is 17.8 Å². The van der Waals surface area contributed by atoms with Crippen molar-refractivity contribution in [2.75, 3.05) is 0 Å². The summed E-state index contributed by atoms with van der Waals surface area (Å²) in [7, 11) is 0. The second-order valence-corrected chi connectivity index (χ2v) is 7.08. The summed E-state index contributed by atoms with van der Waals surface area (Å²) in [5.74, 6) is 2.67. The lowest BCUT2D eigenvalue weighted by Crippen LogP contribution is -2.38. The molecule has 2 aliphatic rings. The van der Waals surface area contributed by atoms with Crippen molar-refractivity contribution in [3.63, 3.8) is 0 Å². The Balaban J connectivity index is 1.70. The van der Waals surface area contributed by atoms with Gasteiger partial charge in [-0.2, -0.15) is 0 Å². The minimum absolute atomic E-state index is 0.571. The molecule has 1 aromatic heterocycles. The number of hydrogen-bond acceptors (Lipinski definition) is 2. The zero-order valence-corrected chi connectivity index (χ0v) is 11.7. The van der Waals surface area contributed by atoms with Crippen LogP contribution in [0.4, 0.5) is 0 Å². The monoisotopic (exact) mass is 249 g/mol. The lowest BCUT2D eigenvalue weighted by Gasteiger charge is -2.28. The maximum absolute atomic E-state index is 3.99. The molecule has 2 heteroatoms. The van der Waals surface area contributed by atoms with Crippen LogP contribution in [0.3, 0.4) is 0 Å². The molecule has 0 aliphatic heterocycles. The van der Waals surface area contributed by atoms with E-state index in [9.17, 15) is 0 Å². The second kappa shape index (κ2) is 4.74. The van der Waals surface area contributed by atoms with Gasteiger partial charge in [0.25, 0.3) is 0 Å². The number of thiophene rings is 1. The molecule has 1 nitrogen and oxygen atoms in total. The first kappa shape index (κ1) is 11.7. The summed E-state index contributed by atoms with van der Waals surface area (Å²) in [6, 6.07) is 5.85.